The van der Waals surface area contributed by atoms with E-state index in [0.29, 0.717) is 24.7 Å². The van der Waals surface area contributed by atoms with E-state index in [0.717, 1.165) is 11.3 Å². The number of aliphatic hydroxyl groups is 1. The summed E-state index contributed by atoms with van der Waals surface area (Å²) in [4.78, 5) is 13.8. The van der Waals surface area contributed by atoms with Crippen LogP contribution in [-0.4, -0.2) is 55.9 Å². The first kappa shape index (κ1) is 16.9. The van der Waals surface area contributed by atoms with Gasteiger partial charge in [-0.15, -0.1) is 0 Å². The van der Waals surface area contributed by atoms with Crippen LogP contribution in [0.2, 0.25) is 5.02 Å². The van der Waals surface area contributed by atoms with Crippen LogP contribution >= 0.6 is 11.6 Å². The second-order valence-electron chi connectivity index (χ2n) is 4.50. The summed E-state index contributed by atoms with van der Waals surface area (Å²) in [6.45, 7) is 3.68. The fraction of sp³-hybridized carbons (Fsp3) is 0.500. The van der Waals surface area contributed by atoms with E-state index in [1.165, 1.54) is 0 Å². The molecule has 5 nitrogen and oxygen atoms in total. The number of methoxy groups -OCH3 is 1. The van der Waals surface area contributed by atoms with Crippen molar-refractivity contribution in [1.29, 1.82) is 0 Å². The molecule has 0 saturated heterocycles. The van der Waals surface area contributed by atoms with Crippen molar-refractivity contribution >= 4 is 23.2 Å². The van der Waals surface area contributed by atoms with Gasteiger partial charge < -0.3 is 15.2 Å². The number of nitrogens with one attached hydrogen (secondary N) is 1. The van der Waals surface area contributed by atoms with Crippen molar-refractivity contribution in [3.05, 3.63) is 28.8 Å². The number of halogens is 1. The van der Waals surface area contributed by atoms with Crippen LogP contribution < -0.4 is 5.32 Å². The fourth-order valence-corrected chi connectivity index (χ4v) is 2.02. The van der Waals surface area contributed by atoms with Gasteiger partial charge in [0.1, 0.15) is 0 Å². The zero-order chi connectivity index (χ0) is 15.0. The summed E-state index contributed by atoms with van der Waals surface area (Å²) in [5, 5.41) is 12.5. The number of hydrogen-bond donors (Lipinski definition) is 2. The molecule has 20 heavy (non-hydrogen) atoms. The molecule has 1 rings (SSSR count). The van der Waals surface area contributed by atoms with E-state index in [1.807, 2.05) is 11.8 Å². The minimum absolute atomic E-state index is 0.0109. The second kappa shape index (κ2) is 8.92. The minimum Gasteiger partial charge on any atom is -0.395 e. The van der Waals surface area contributed by atoms with Crippen LogP contribution in [0, 0.1) is 6.92 Å². The Kier molecular flexibility index (Phi) is 7.54. The molecule has 0 aliphatic heterocycles. The minimum atomic E-state index is -0.125. The van der Waals surface area contributed by atoms with Crippen LogP contribution in [0.5, 0.6) is 0 Å². The lowest BCUT2D eigenvalue weighted by Gasteiger charge is -2.20. The third kappa shape index (κ3) is 5.88. The number of ether oxygens (including phenoxy) is 1. The van der Waals surface area contributed by atoms with Crippen molar-refractivity contribution in [2.75, 3.05) is 45.3 Å². The SMILES string of the molecule is COCCN(CCO)CC(=O)Nc1ccc(Cl)cc1C. The molecule has 0 bridgehead atoms. The fourth-order valence-electron chi connectivity index (χ4n) is 1.79. The van der Waals surface area contributed by atoms with Crippen LogP contribution in [0.3, 0.4) is 0 Å². The Morgan fingerprint density at radius 2 is 2.20 bits per heavy atom. The summed E-state index contributed by atoms with van der Waals surface area (Å²) in [7, 11) is 1.61. The molecule has 0 atom stereocenters. The zero-order valence-electron chi connectivity index (χ0n) is 11.9. The average Bonchev–Trinajstić information content (AvgIpc) is 2.39. The smallest absolute Gasteiger partial charge is 0.238 e. The van der Waals surface area contributed by atoms with Gasteiger partial charge in [-0.25, -0.2) is 0 Å². The first-order chi connectivity index (χ1) is 9.56. The Hall–Kier alpha value is -1.14. The largest absolute Gasteiger partial charge is 0.395 e. The van der Waals surface area contributed by atoms with Crippen LogP contribution in [-0.2, 0) is 9.53 Å². The molecule has 0 aliphatic carbocycles. The number of aryl methyl sites for hydroxylation is 1. The monoisotopic (exact) mass is 300 g/mol. The molecular weight excluding hydrogens is 280 g/mol. The van der Waals surface area contributed by atoms with Gasteiger partial charge >= 0.3 is 0 Å². The van der Waals surface area contributed by atoms with Crippen molar-refractivity contribution in [1.82, 2.24) is 4.90 Å². The van der Waals surface area contributed by atoms with Gasteiger partial charge in [0.25, 0.3) is 0 Å². The Labute approximate surface area is 124 Å². The quantitative estimate of drug-likeness (QED) is 0.764. The van der Waals surface area contributed by atoms with E-state index < -0.39 is 0 Å². The maximum atomic E-state index is 12.0. The second-order valence-corrected chi connectivity index (χ2v) is 4.94. The molecule has 0 saturated carbocycles. The van der Waals surface area contributed by atoms with E-state index in [-0.39, 0.29) is 19.1 Å². The molecule has 1 aromatic carbocycles. The number of amides is 1. The summed E-state index contributed by atoms with van der Waals surface area (Å²) in [5.41, 5.74) is 1.66. The number of hydrogen-bond acceptors (Lipinski definition) is 4. The molecule has 0 radical (unpaired) electrons. The van der Waals surface area contributed by atoms with Crippen molar-refractivity contribution in [2.45, 2.75) is 6.92 Å². The average molecular weight is 301 g/mol. The Morgan fingerprint density at radius 3 is 2.80 bits per heavy atom. The zero-order valence-corrected chi connectivity index (χ0v) is 12.6. The van der Waals surface area contributed by atoms with Gasteiger partial charge in [-0.2, -0.15) is 0 Å². The standard InChI is InChI=1S/C14H21ClN2O3/c1-11-9-12(15)3-4-13(11)16-14(19)10-17(5-7-18)6-8-20-2/h3-4,9,18H,5-8,10H2,1-2H3,(H,16,19). The van der Waals surface area contributed by atoms with E-state index in [1.54, 1.807) is 25.3 Å². The van der Waals surface area contributed by atoms with E-state index in [9.17, 15) is 4.79 Å². The van der Waals surface area contributed by atoms with Crippen LogP contribution in [0.25, 0.3) is 0 Å². The van der Waals surface area contributed by atoms with E-state index >= 15 is 0 Å². The summed E-state index contributed by atoms with van der Waals surface area (Å²) >= 11 is 5.87. The van der Waals surface area contributed by atoms with Crippen molar-refractivity contribution < 1.29 is 14.6 Å². The van der Waals surface area contributed by atoms with Gasteiger partial charge in [-0.05, 0) is 30.7 Å². The first-order valence-electron chi connectivity index (χ1n) is 6.45. The number of aliphatic hydroxyl groups excluding tert-OH is 1. The maximum Gasteiger partial charge on any atom is 0.238 e. The van der Waals surface area contributed by atoms with Crippen LogP contribution in [0.15, 0.2) is 18.2 Å². The lowest BCUT2D eigenvalue weighted by atomic mass is 10.2. The topological polar surface area (TPSA) is 61.8 Å². The summed E-state index contributed by atoms with van der Waals surface area (Å²) in [6, 6.07) is 5.31. The summed E-state index contributed by atoms with van der Waals surface area (Å²) < 4.78 is 4.98. The molecule has 0 heterocycles. The highest BCUT2D eigenvalue weighted by Crippen LogP contribution is 2.19. The van der Waals surface area contributed by atoms with Crippen molar-refractivity contribution in [3.8, 4) is 0 Å². The lowest BCUT2D eigenvalue weighted by Crippen LogP contribution is -2.37. The molecule has 6 heteroatoms. The molecule has 1 aromatic rings. The predicted molar refractivity (Wildman–Crippen MR) is 80.2 cm³/mol. The highest BCUT2D eigenvalue weighted by Gasteiger charge is 2.11. The molecule has 0 aromatic heterocycles. The molecule has 0 fully saturated rings. The van der Waals surface area contributed by atoms with Gasteiger partial charge in [-0.1, -0.05) is 11.6 Å². The van der Waals surface area contributed by atoms with E-state index in [2.05, 4.69) is 5.32 Å². The highest BCUT2D eigenvalue weighted by atomic mass is 35.5. The molecular formula is C14H21ClN2O3. The third-order valence-electron chi connectivity index (χ3n) is 2.86. The number of carbonyl (C=O) groups is 1. The molecule has 2 N–H and O–H groups in total. The molecule has 112 valence electrons. The van der Waals surface area contributed by atoms with Gasteiger partial charge in [0.15, 0.2) is 0 Å². The van der Waals surface area contributed by atoms with Crippen molar-refractivity contribution in [2.24, 2.45) is 0 Å². The number of nitrogens with zero attached hydrogens (tertiary/aromatic N) is 1. The first-order valence-corrected chi connectivity index (χ1v) is 6.82. The van der Waals surface area contributed by atoms with Gasteiger partial charge in [0.05, 0.1) is 19.8 Å². The van der Waals surface area contributed by atoms with Crippen LogP contribution in [0.1, 0.15) is 5.56 Å². The highest BCUT2D eigenvalue weighted by molar-refractivity contribution is 6.30. The normalized spacial score (nSPS) is 10.8. The molecule has 0 unspecified atom stereocenters. The summed E-state index contributed by atoms with van der Waals surface area (Å²) in [5.74, 6) is -0.125. The lowest BCUT2D eigenvalue weighted by molar-refractivity contribution is -0.117. The number of carbonyl (C=O) groups excluding carboxylic acids is 1. The van der Waals surface area contributed by atoms with Gasteiger partial charge in [0.2, 0.25) is 5.91 Å². The van der Waals surface area contributed by atoms with Crippen molar-refractivity contribution in [3.63, 3.8) is 0 Å². The Morgan fingerprint density at radius 1 is 1.45 bits per heavy atom. The Bertz CT molecular complexity index is 440. The number of anilines is 1. The third-order valence-corrected chi connectivity index (χ3v) is 3.09. The van der Waals surface area contributed by atoms with Crippen LogP contribution in [0.4, 0.5) is 5.69 Å². The summed E-state index contributed by atoms with van der Waals surface area (Å²) in [6.07, 6.45) is 0. The molecule has 0 aliphatic rings. The predicted octanol–water partition coefficient (Wildman–Crippen LogP) is 1.53. The number of rotatable bonds is 8. The molecule has 1 amide bonds. The van der Waals surface area contributed by atoms with E-state index in [4.69, 9.17) is 21.4 Å². The molecule has 0 spiro atoms. The Balaban J connectivity index is 2.55. The van der Waals surface area contributed by atoms with Gasteiger partial charge in [-0.3, -0.25) is 9.69 Å². The number of benzene rings is 1. The maximum absolute atomic E-state index is 12.0. The van der Waals surface area contributed by atoms with Gasteiger partial charge in [0, 0.05) is 30.9 Å².